The lowest BCUT2D eigenvalue weighted by atomic mass is 10.2. The Bertz CT molecular complexity index is 471. The summed E-state index contributed by atoms with van der Waals surface area (Å²) in [5.41, 5.74) is 0.989. The molecule has 116 valence electrons. The summed E-state index contributed by atoms with van der Waals surface area (Å²) in [7, 11) is 0. The Balaban J connectivity index is 1.68. The minimum atomic E-state index is 0.0211. The summed E-state index contributed by atoms with van der Waals surface area (Å²) in [6.45, 7) is 4.64. The van der Waals surface area contributed by atoms with Crippen LogP contribution in [0.25, 0.3) is 0 Å². The van der Waals surface area contributed by atoms with E-state index in [0.29, 0.717) is 13.2 Å². The Morgan fingerprint density at radius 1 is 1.29 bits per heavy atom. The molecule has 1 heterocycles. The molecule has 2 amide bonds. The summed E-state index contributed by atoms with van der Waals surface area (Å²) in [5.74, 6) is 0.779. The van der Waals surface area contributed by atoms with E-state index in [1.165, 1.54) is 12.8 Å². The highest BCUT2D eigenvalue weighted by atomic mass is 35.5. The number of likely N-dealkylation sites (tertiary alicyclic amines) is 1. The number of rotatable bonds is 4. The number of nitrogens with zero attached hydrogens (tertiary/aromatic N) is 1. The van der Waals surface area contributed by atoms with E-state index in [-0.39, 0.29) is 6.03 Å². The summed E-state index contributed by atoms with van der Waals surface area (Å²) < 4.78 is 5.61. The molecule has 0 unspecified atom stereocenters. The van der Waals surface area contributed by atoms with E-state index in [1.807, 2.05) is 30.0 Å². The molecule has 0 saturated carbocycles. The van der Waals surface area contributed by atoms with E-state index in [2.05, 4.69) is 5.32 Å². The van der Waals surface area contributed by atoms with E-state index >= 15 is 0 Å². The summed E-state index contributed by atoms with van der Waals surface area (Å²) in [6.07, 6.45) is 4.66. The maximum absolute atomic E-state index is 12.0. The van der Waals surface area contributed by atoms with Crippen LogP contribution in [-0.4, -0.2) is 37.2 Å². The van der Waals surface area contributed by atoms with Crippen LogP contribution in [0.1, 0.15) is 31.2 Å². The van der Waals surface area contributed by atoms with Crippen molar-refractivity contribution < 1.29 is 9.53 Å². The van der Waals surface area contributed by atoms with Crippen LogP contribution >= 0.6 is 11.6 Å². The smallest absolute Gasteiger partial charge is 0.317 e. The number of amides is 2. The molecule has 0 aromatic heterocycles. The second kappa shape index (κ2) is 8.13. The molecule has 0 atom stereocenters. The first-order valence-electron chi connectivity index (χ1n) is 7.58. The van der Waals surface area contributed by atoms with Gasteiger partial charge in [-0.25, -0.2) is 4.79 Å². The lowest BCUT2D eigenvalue weighted by Gasteiger charge is -2.20. The fraction of sp³-hybridized carbons (Fsp3) is 0.562. The second-order valence-corrected chi connectivity index (χ2v) is 5.80. The van der Waals surface area contributed by atoms with Crippen LogP contribution in [0.2, 0.25) is 5.02 Å². The highest BCUT2D eigenvalue weighted by Crippen LogP contribution is 2.20. The van der Waals surface area contributed by atoms with Gasteiger partial charge in [0.2, 0.25) is 0 Å². The lowest BCUT2D eigenvalue weighted by molar-refractivity contribution is 0.196. The first-order chi connectivity index (χ1) is 10.2. The zero-order valence-electron chi connectivity index (χ0n) is 12.5. The van der Waals surface area contributed by atoms with E-state index in [0.717, 1.165) is 42.3 Å². The molecule has 1 N–H and O–H groups in total. The number of aryl methyl sites for hydroxylation is 1. The Morgan fingerprint density at radius 2 is 2.00 bits per heavy atom. The number of hydrogen-bond donors (Lipinski definition) is 1. The van der Waals surface area contributed by atoms with Crippen LogP contribution in [0.5, 0.6) is 5.75 Å². The predicted molar refractivity (Wildman–Crippen MR) is 85.1 cm³/mol. The maximum Gasteiger partial charge on any atom is 0.317 e. The molecule has 21 heavy (non-hydrogen) atoms. The van der Waals surface area contributed by atoms with E-state index in [9.17, 15) is 4.79 Å². The number of nitrogens with one attached hydrogen (secondary N) is 1. The molecule has 1 aliphatic heterocycles. The third-order valence-corrected chi connectivity index (χ3v) is 4.09. The van der Waals surface area contributed by atoms with Gasteiger partial charge >= 0.3 is 6.03 Å². The Morgan fingerprint density at radius 3 is 2.67 bits per heavy atom. The SMILES string of the molecule is Cc1cc(OCCNC(=O)N2CCCCCC2)ccc1Cl. The molecule has 0 bridgehead atoms. The number of urea groups is 1. The third kappa shape index (κ3) is 5.12. The van der Waals surface area contributed by atoms with Gasteiger partial charge in [0.25, 0.3) is 0 Å². The van der Waals surface area contributed by atoms with E-state index in [1.54, 1.807) is 0 Å². The van der Waals surface area contributed by atoms with E-state index in [4.69, 9.17) is 16.3 Å². The van der Waals surface area contributed by atoms with Crippen molar-refractivity contribution in [3.05, 3.63) is 28.8 Å². The summed E-state index contributed by atoms with van der Waals surface area (Å²) in [4.78, 5) is 13.9. The highest BCUT2D eigenvalue weighted by molar-refractivity contribution is 6.31. The molecule has 4 nitrogen and oxygen atoms in total. The van der Waals surface area contributed by atoms with Gasteiger partial charge in [0.05, 0.1) is 6.54 Å². The average Bonchev–Trinajstić information content (AvgIpc) is 2.76. The van der Waals surface area contributed by atoms with Crippen LogP contribution in [0, 0.1) is 6.92 Å². The standard InChI is InChI=1S/C16H23ClN2O2/c1-13-12-14(6-7-15(13)17)21-11-8-18-16(20)19-9-4-2-3-5-10-19/h6-7,12H,2-5,8-11H2,1H3,(H,18,20). The zero-order valence-corrected chi connectivity index (χ0v) is 13.3. The molecule has 1 saturated heterocycles. The van der Waals surface area contributed by atoms with Gasteiger partial charge in [0, 0.05) is 18.1 Å². The van der Waals surface area contributed by atoms with Crippen molar-refractivity contribution >= 4 is 17.6 Å². The maximum atomic E-state index is 12.0. The Kier molecular flexibility index (Phi) is 6.18. The molecule has 1 aromatic carbocycles. The number of halogens is 1. The van der Waals surface area contributed by atoms with Crippen molar-refractivity contribution in [2.45, 2.75) is 32.6 Å². The number of carbonyl (C=O) groups excluding carboxylic acids is 1. The van der Waals surface area contributed by atoms with Crippen LogP contribution in [0.15, 0.2) is 18.2 Å². The van der Waals surface area contributed by atoms with Gasteiger partial charge in [-0.15, -0.1) is 0 Å². The normalized spacial score (nSPS) is 15.4. The largest absolute Gasteiger partial charge is 0.492 e. The van der Waals surface area contributed by atoms with Crippen molar-refractivity contribution in [1.29, 1.82) is 0 Å². The second-order valence-electron chi connectivity index (χ2n) is 5.39. The van der Waals surface area contributed by atoms with Gasteiger partial charge in [-0.1, -0.05) is 24.4 Å². The minimum absolute atomic E-state index is 0.0211. The summed E-state index contributed by atoms with van der Waals surface area (Å²) >= 11 is 5.96. The fourth-order valence-corrected chi connectivity index (χ4v) is 2.54. The van der Waals surface area contributed by atoms with Gasteiger partial charge in [0.15, 0.2) is 0 Å². The van der Waals surface area contributed by atoms with Gasteiger partial charge < -0.3 is 15.0 Å². The van der Waals surface area contributed by atoms with Crippen molar-refractivity contribution in [3.8, 4) is 5.75 Å². The molecule has 0 radical (unpaired) electrons. The van der Waals surface area contributed by atoms with Crippen molar-refractivity contribution in [2.75, 3.05) is 26.2 Å². The molecular weight excluding hydrogens is 288 g/mol. The number of carbonyl (C=O) groups is 1. The Labute approximate surface area is 131 Å². The minimum Gasteiger partial charge on any atom is -0.492 e. The number of benzene rings is 1. The highest BCUT2D eigenvalue weighted by Gasteiger charge is 2.14. The number of hydrogen-bond acceptors (Lipinski definition) is 2. The molecule has 2 rings (SSSR count). The number of ether oxygens (including phenoxy) is 1. The van der Waals surface area contributed by atoms with Crippen molar-refractivity contribution in [3.63, 3.8) is 0 Å². The topological polar surface area (TPSA) is 41.6 Å². The quantitative estimate of drug-likeness (QED) is 0.863. The molecule has 0 spiro atoms. The van der Waals surface area contributed by atoms with Gasteiger partial charge in [0.1, 0.15) is 12.4 Å². The first-order valence-corrected chi connectivity index (χ1v) is 7.96. The first kappa shape index (κ1) is 16.0. The summed E-state index contributed by atoms with van der Waals surface area (Å²) in [5, 5.41) is 3.65. The van der Waals surface area contributed by atoms with Crippen LogP contribution in [0.4, 0.5) is 4.79 Å². The Hall–Kier alpha value is -1.42. The molecule has 5 heteroatoms. The van der Waals surface area contributed by atoms with Gasteiger partial charge in [-0.05, 0) is 43.5 Å². The third-order valence-electron chi connectivity index (χ3n) is 3.67. The van der Waals surface area contributed by atoms with Gasteiger partial charge in [-0.2, -0.15) is 0 Å². The van der Waals surface area contributed by atoms with Gasteiger partial charge in [-0.3, -0.25) is 0 Å². The average molecular weight is 311 g/mol. The van der Waals surface area contributed by atoms with Crippen molar-refractivity contribution in [2.24, 2.45) is 0 Å². The monoisotopic (exact) mass is 310 g/mol. The summed E-state index contributed by atoms with van der Waals surface area (Å²) in [6, 6.07) is 5.58. The van der Waals surface area contributed by atoms with Crippen LogP contribution in [0.3, 0.4) is 0 Å². The van der Waals surface area contributed by atoms with Crippen molar-refractivity contribution in [1.82, 2.24) is 10.2 Å². The molecular formula is C16H23ClN2O2. The van der Waals surface area contributed by atoms with E-state index < -0.39 is 0 Å². The fourth-order valence-electron chi connectivity index (χ4n) is 2.42. The zero-order chi connectivity index (χ0) is 15.1. The molecule has 1 fully saturated rings. The lowest BCUT2D eigenvalue weighted by Crippen LogP contribution is -2.41. The van der Waals surface area contributed by atoms with Crippen LogP contribution in [-0.2, 0) is 0 Å². The molecule has 0 aliphatic carbocycles. The molecule has 1 aliphatic rings. The predicted octanol–water partition coefficient (Wildman–Crippen LogP) is 3.61. The van der Waals surface area contributed by atoms with Crippen LogP contribution < -0.4 is 10.1 Å². The molecule has 1 aromatic rings.